The Kier molecular flexibility index (Phi) is 5.05. The average Bonchev–Trinajstić information content (AvgIpc) is 3.19. The van der Waals surface area contributed by atoms with Gasteiger partial charge in [0.2, 0.25) is 0 Å². The topological polar surface area (TPSA) is 48.1 Å². The van der Waals surface area contributed by atoms with Crippen molar-refractivity contribution in [2.45, 2.75) is 45.1 Å². The van der Waals surface area contributed by atoms with Gasteiger partial charge in [-0.3, -0.25) is 9.69 Å². The fraction of sp³-hybridized carbons (Fsp3) is 0.476. The second-order valence-corrected chi connectivity index (χ2v) is 7.69. The molecule has 1 fully saturated rings. The molecule has 4 nitrogen and oxygen atoms in total. The number of hydrogen-bond acceptors (Lipinski definition) is 2. The fourth-order valence-electron chi connectivity index (χ4n) is 4.50. The molecule has 5 heteroatoms. The number of halogens is 1. The highest BCUT2D eigenvalue weighted by Gasteiger charge is 2.27. The summed E-state index contributed by atoms with van der Waals surface area (Å²) in [5.74, 6) is -0.0464. The van der Waals surface area contributed by atoms with Crippen LogP contribution in [0.4, 0.5) is 0 Å². The number of carbonyl (C=O) groups excluding carboxylic acids is 1. The van der Waals surface area contributed by atoms with Crippen LogP contribution < -0.4 is 5.32 Å². The Morgan fingerprint density at radius 3 is 3.00 bits per heavy atom. The van der Waals surface area contributed by atoms with E-state index in [2.05, 4.69) is 40.3 Å². The lowest BCUT2D eigenvalue weighted by molar-refractivity contribution is 0.0941. The maximum absolute atomic E-state index is 12.9. The van der Waals surface area contributed by atoms with Crippen molar-refractivity contribution < 1.29 is 4.79 Å². The summed E-state index contributed by atoms with van der Waals surface area (Å²) in [7, 11) is 0. The summed E-state index contributed by atoms with van der Waals surface area (Å²) < 4.78 is 0. The Bertz CT molecular complexity index is 814. The SMILES string of the molecule is CCN1CCCC1CNC(=O)c1c(Cl)[nH]c2c1CCCc1ccccc1-2. The van der Waals surface area contributed by atoms with Crippen molar-refractivity contribution in [2.24, 2.45) is 0 Å². The first-order chi connectivity index (χ1) is 12.7. The number of aryl methyl sites for hydroxylation is 1. The van der Waals surface area contributed by atoms with E-state index < -0.39 is 0 Å². The van der Waals surface area contributed by atoms with E-state index in [4.69, 9.17) is 11.6 Å². The number of rotatable bonds is 4. The van der Waals surface area contributed by atoms with Crippen molar-refractivity contribution in [1.82, 2.24) is 15.2 Å². The quantitative estimate of drug-likeness (QED) is 0.852. The third kappa shape index (κ3) is 3.17. The Morgan fingerprint density at radius 2 is 2.15 bits per heavy atom. The highest BCUT2D eigenvalue weighted by Crippen LogP contribution is 2.36. The molecule has 2 N–H and O–H groups in total. The van der Waals surface area contributed by atoms with Crippen molar-refractivity contribution >= 4 is 17.5 Å². The monoisotopic (exact) mass is 371 g/mol. The molecule has 2 aliphatic rings. The molecule has 1 amide bonds. The van der Waals surface area contributed by atoms with Crippen LogP contribution in [0.3, 0.4) is 0 Å². The predicted octanol–water partition coefficient (Wildman–Crippen LogP) is 4.04. The van der Waals surface area contributed by atoms with Gasteiger partial charge in [-0.25, -0.2) is 0 Å². The first-order valence-electron chi connectivity index (χ1n) is 9.70. The molecule has 4 rings (SSSR count). The number of aromatic amines is 1. The molecule has 1 aliphatic carbocycles. The number of H-pyrrole nitrogens is 1. The zero-order chi connectivity index (χ0) is 18.1. The molecular formula is C21H26ClN3O. The maximum atomic E-state index is 12.9. The number of likely N-dealkylation sites (N-methyl/N-ethyl adjacent to an activating group) is 1. The van der Waals surface area contributed by atoms with Crippen LogP contribution in [0.2, 0.25) is 5.15 Å². The predicted molar refractivity (Wildman–Crippen MR) is 106 cm³/mol. The molecule has 2 heterocycles. The molecular weight excluding hydrogens is 346 g/mol. The minimum absolute atomic E-state index is 0.0464. The highest BCUT2D eigenvalue weighted by molar-refractivity contribution is 6.33. The van der Waals surface area contributed by atoms with E-state index in [9.17, 15) is 4.79 Å². The molecule has 1 aromatic heterocycles. The van der Waals surface area contributed by atoms with Gasteiger partial charge in [0.15, 0.2) is 0 Å². The molecule has 138 valence electrons. The lowest BCUT2D eigenvalue weighted by Crippen LogP contribution is -2.40. The Labute approximate surface area is 159 Å². The van der Waals surface area contributed by atoms with Gasteiger partial charge in [0.1, 0.15) is 5.15 Å². The van der Waals surface area contributed by atoms with Crippen LogP contribution in [-0.4, -0.2) is 41.5 Å². The molecule has 1 saturated heterocycles. The Morgan fingerprint density at radius 1 is 1.31 bits per heavy atom. The first kappa shape index (κ1) is 17.6. The van der Waals surface area contributed by atoms with Crippen LogP contribution in [0, 0.1) is 0 Å². The van der Waals surface area contributed by atoms with Gasteiger partial charge in [-0.2, -0.15) is 0 Å². The summed E-state index contributed by atoms with van der Waals surface area (Å²) in [5.41, 5.74) is 5.22. The van der Waals surface area contributed by atoms with E-state index >= 15 is 0 Å². The van der Waals surface area contributed by atoms with Gasteiger partial charge in [-0.15, -0.1) is 0 Å². The minimum Gasteiger partial charge on any atom is -0.350 e. The number of fused-ring (bicyclic) bond motifs is 3. The van der Waals surface area contributed by atoms with Gasteiger partial charge >= 0.3 is 0 Å². The van der Waals surface area contributed by atoms with Crippen molar-refractivity contribution in [1.29, 1.82) is 0 Å². The minimum atomic E-state index is -0.0464. The second-order valence-electron chi connectivity index (χ2n) is 7.31. The van der Waals surface area contributed by atoms with E-state index in [1.54, 1.807) is 0 Å². The second kappa shape index (κ2) is 7.45. The normalized spacial score (nSPS) is 19.7. The molecule has 1 unspecified atom stereocenters. The Balaban J connectivity index is 1.58. The summed E-state index contributed by atoms with van der Waals surface area (Å²) in [6.07, 6.45) is 5.31. The number of hydrogen-bond donors (Lipinski definition) is 2. The van der Waals surface area contributed by atoms with Gasteiger partial charge in [0.25, 0.3) is 5.91 Å². The van der Waals surface area contributed by atoms with Gasteiger partial charge in [0, 0.05) is 18.2 Å². The summed E-state index contributed by atoms with van der Waals surface area (Å²) in [6.45, 7) is 5.05. The van der Waals surface area contributed by atoms with Gasteiger partial charge in [-0.05, 0) is 56.3 Å². The molecule has 1 aromatic carbocycles. The van der Waals surface area contributed by atoms with Gasteiger partial charge < -0.3 is 10.3 Å². The zero-order valence-corrected chi connectivity index (χ0v) is 16.0. The smallest absolute Gasteiger partial charge is 0.254 e. The van der Waals surface area contributed by atoms with E-state index in [0.717, 1.165) is 50.0 Å². The highest BCUT2D eigenvalue weighted by atomic mass is 35.5. The van der Waals surface area contributed by atoms with Crippen molar-refractivity contribution in [3.63, 3.8) is 0 Å². The third-order valence-electron chi connectivity index (χ3n) is 5.85. The van der Waals surface area contributed by atoms with Crippen LogP contribution in [0.15, 0.2) is 24.3 Å². The van der Waals surface area contributed by atoms with Crippen molar-refractivity contribution in [3.05, 3.63) is 46.1 Å². The average molecular weight is 372 g/mol. The number of nitrogens with zero attached hydrogens (tertiary/aromatic N) is 1. The molecule has 0 radical (unpaired) electrons. The van der Waals surface area contributed by atoms with E-state index in [-0.39, 0.29) is 5.91 Å². The third-order valence-corrected chi connectivity index (χ3v) is 6.13. The lowest BCUT2D eigenvalue weighted by Gasteiger charge is -2.23. The van der Waals surface area contributed by atoms with Gasteiger partial charge in [0.05, 0.1) is 11.3 Å². The number of amides is 1. The lowest BCUT2D eigenvalue weighted by atomic mass is 10.0. The van der Waals surface area contributed by atoms with Crippen LogP contribution in [0.1, 0.15) is 47.7 Å². The van der Waals surface area contributed by atoms with Crippen molar-refractivity contribution in [2.75, 3.05) is 19.6 Å². The van der Waals surface area contributed by atoms with Crippen molar-refractivity contribution in [3.8, 4) is 11.3 Å². The van der Waals surface area contributed by atoms with Crippen LogP contribution in [0.5, 0.6) is 0 Å². The number of aromatic nitrogens is 1. The van der Waals surface area contributed by atoms with Gasteiger partial charge in [-0.1, -0.05) is 42.8 Å². The fourth-order valence-corrected chi connectivity index (χ4v) is 4.80. The van der Waals surface area contributed by atoms with Crippen LogP contribution >= 0.6 is 11.6 Å². The molecule has 1 aliphatic heterocycles. The molecule has 2 aromatic rings. The first-order valence-corrected chi connectivity index (χ1v) is 10.1. The van der Waals surface area contributed by atoms with Crippen LogP contribution in [-0.2, 0) is 12.8 Å². The summed E-state index contributed by atoms with van der Waals surface area (Å²) in [5, 5.41) is 3.60. The van der Waals surface area contributed by atoms with E-state index in [0.29, 0.717) is 23.3 Å². The number of carbonyl (C=O) groups is 1. The molecule has 0 bridgehead atoms. The number of nitrogens with one attached hydrogen (secondary N) is 2. The number of likely N-dealkylation sites (tertiary alicyclic amines) is 1. The van der Waals surface area contributed by atoms with E-state index in [1.807, 2.05) is 6.07 Å². The molecule has 0 spiro atoms. The summed E-state index contributed by atoms with van der Waals surface area (Å²) >= 11 is 6.47. The standard InChI is InChI=1S/C21H26ClN3O/c1-2-25-12-6-9-15(25)13-23-21(26)18-17-11-5-8-14-7-3-4-10-16(14)19(17)24-20(18)22/h3-4,7,10,15,24H,2,5-6,8-9,11-13H2,1H3,(H,23,26). The van der Waals surface area contributed by atoms with Crippen LogP contribution in [0.25, 0.3) is 11.3 Å². The molecule has 1 atom stereocenters. The number of benzene rings is 1. The largest absolute Gasteiger partial charge is 0.350 e. The summed E-state index contributed by atoms with van der Waals surface area (Å²) in [6, 6.07) is 8.84. The maximum Gasteiger partial charge on any atom is 0.254 e. The molecule has 26 heavy (non-hydrogen) atoms. The molecule has 0 saturated carbocycles. The zero-order valence-electron chi connectivity index (χ0n) is 15.3. The Hall–Kier alpha value is -1.78. The summed E-state index contributed by atoms with van der Waals surface area (Å²) in [4.78, 5) is 18.7. The van der Waals surface area contributed by atoms with E-state index in [1.165, 1.54) is 17.5 Å².